The molecular formula is C7H8BrNO. The Labute approximate surface area is 68.5 Å². The summed E-state index contributed by atoms with van der Waals surface area (Å²) in [5.74, 6) is 0. The first kappa shape index (κ1) is 9.30. The predicted molar refractivity (Wildman–Crippen MR) is 46.4 cm³/mol. The standard InChI is InChI=1S/C7H8BrNO/c1-3-7(8)4-9-6(2)5-10/h3-5H,1H2,2H3/b7-4+,9-6?. The van der Waals surface area contributed by atoms with Crippen LogP contribution in [0.25, 0.3) is 0 Å². The average molecular weight is 202 g/mol. The summed E-state index contributed by atoms with van der Waals surface area (Å²) in [6, 6.07) is 0. The fraction of sp³-hybridized carbons (Fsp3) is 0.143. The van der Waals surface area contributed by atoms with Gasteiger partial charge in [-0.05, 0) is 22.9 Å². The average Bonchev–Trinajstić information content (AvgIpc) is 1.99. The smallest absolute Gasteiger partial charge is 0.163 e. The molecule has 10 heavy (non-hydrogen) atoms. The summed E-state index contributed by atoms with van der Waals surface area (Å²) in [4.78, 5) is 13.8. The predicted octanol–water partition coefficient (Wildman–Crippen LogP) is 2.07. The summed E-state index contributed by atoms with van der Waals surface area (Å²) >= 11 is 3.15. The van der Waals surface area contributed by atoms with Gasteiger partial charge in [0.25, 0.3) is 0 Å². The lowest BCUT2D eigenvalue weighted by molar-refractivity contribution is -0.102. The molecule has 0 aromatic carbocycles. The highest BCUT2D eigenvalue weighted by Gasteiger charge is 1.82. The van der Waals surface area contributed by atoms with Crippen LogP contribution in [0.4, 0.5) is 0 Å². The van der Waals surface area contributed by atoms with Gasteiger partial charge >= 0.3 is 0 Å². The maximum atomic E-state index is 10.0. The third-order valence-corrected chi connectivity index (χ3v) is 1.29. The number of hydrogen-bond donors (Lipinski definition) is 0. The quantitative estimate of drug-likeness (QED) is 0.391. The molecule has 0 bridgehead atoms. The molecule has 0 atom stereocenters. The van der Waals surface area contributed by atoms with Gasteiger partial charge in [-0.1, -0.05) is 12.7 Å². The van der Waals surface area contributed by atoms with Crippen molar-refractivity contribution in [3.63, 3.8) is 0 Å². The van der Waals surface area contributed by atoms with Crippen LogP contribution in [0.15, 0.2) is 28.3 Å². The summed E-state index contributed by atoms with van der Waals surface area (Å²) in [6.45, 7) is 5.12. The molecule has 0 aliphatic carbocycles. The molecule has 2 nitrogen and oxygen atoms in total. The van der Waals surface area contributed by atoms with Gasteiger partial charge in [0.1, 0.15) is 0 Å². The Kier molecular flexibility index (Phi) is 4.76. The van der Waals surface area contributed by atoms with Gasteiger partial charge in [-0.15, -0.1) is 0 Å². The van der Waals surface area contributed by atoms with E-state index < -0.39 is 0 Å². The fourth-order valence-corrected chi connectivity index (χ4v) is 0.349. The summed E-state index contributed by atoms with van der Waals surface area (Å²) in [6.07, 6.45) is 3.82. The van der Waals surface area contributed by atoms with E-state index in [0.29, 0.717) is 12.0 Å². The Bertz CT molecular complexity index is 172. The largest absolute Gasteiger partial charge is 0.297 e. The van der Waals surface area contributed by atoms with Gasteiger partial charge in [-0.3, -0.25) is 9.79 Å². The van der Waals surface area contributed by atoms with Gasteiger partial charge in [0.2, 0.25) is 0 Å². The van der Waals surface area contributed by atoms with Crippen molar-refractivity contribution in [2.75, 3.05) is 0 Å². The number of aldehydes is 1. The van der Waals surface area contributed by atoms with Gasteiger partial charge < -0.3 is 0 Å². The summed E-state index contributed by atoms with van der Waals surface area (Å²) in [5, 5.41) is 0. The Morgan fingerprint density at radius 1 is 1.70 bits per heavy atom. The summed E-state index contributed by atoms with van der Waals surface area (Å²) < 4.78 is 0.758. The van der Waals surface area contributed by atoms with Gasteiger partial charge in [-0.2, -0.15) is 0 Å². The van der Waals surface area contributed by atoms with E-state index in [0.717, 1.165) is 4.48 Å². The number of rotatable bonds is 3. The Balaban J connectivity index is 4.16. The minimum atomic E-state index is 0.443. The zero-order chi connectivity index (χ0) is 7.98. The van der Waals surface area contributed by atoms with Gasteiger partial charge in [0.05, 0.1) is 5.71 Å². The van der Waals surface area contributed by atoms with E-state index in [1.807, 2.05) is 0 Å². The van der Waals surface area contributed by atoms with E-state index in [1.54, 1.807) is 13.0 Å². The Morgan fingerprint density at radius 2 is 2.30 bits per heavy atom. The van der Waals surface area contributed by atoms with E-state index in [9.17, 15) is 4.79 Å². The van der Waals surface area contributed by atoms with Crippen LogP contribution in [0.3, 0.4) is 0 Å². The van der Waals surface area contributed by atoms with E-state index in [1.165, 1.54) is 6.20 Å². The van der Waals surface area contributed by atoms with Crippen molar-refractivity contribution in [3.05, 3.63) is 23.3 Å². The Morgan fingerprint density at radius 3 is 2.70 bits per heavy atom. The van der Waals surface area contributed by atoms with Gasteiger partial charge in [0.15, 0.2) is 6.29 Å². The first-order valence-electron chi connectivity index (χ1n) is 2.68. The second-order valence-electron chi connectivity index (χ2n) is 1.61. The lowest BCUT2D eigenvalue weighted by atomic mass is 10.5. The van der Waals surface area contributed by atoms with Crippen LogP contribution in [0, 0.1) is 0 Å². The molecule has 0 aliphatic heterocycles. The van der Waals surface area contributed by atoms with Crippen LogP contribution >= 0.6 is 15.9 Å². The molecular weight excluding hydrogens is 194 g/mol. The maximum absolute atomic E-state index is 10.0. The number of hydrogen-bond acceptors (Lipinski definition) is 2. The van der Waals surface area contributed by atoms with Crippen LogP contribution in [-0.2, 0) is 4.79 Å². The van der Waals surface area contributed by atoms with Crippen molar-refractivity contribution in [1.29, 1.82) is 0 Å². The first-order chi connectivity index (χ1) is 4.70. The second-order valence-corrected chi connectivity index (χ2v) is 2.52. The van der Waals surface area contributed by atoms with Gasteiger partial charge in [-0.25, -0.2) is 0 Å². The lowest BCUT2D eigenvalue weighted by Crippen LogP contribution is -1.88. The van der Waals surface area contributed by atoms with Gasteiger partial charge in [0, 0.05) is 10.7 Å². The second kappa shape index (κ2) is 5.11. The van der Waals surface area contributed by atoms with Crippen molar-refractivity contribution in [3.8, 4) is 0 Å². The van der Waals surface area contributed by atoms with Crippen LogP contribution < -0.4 is 0 Å². The molecule has 0 radical (unpaired) electrons. The molecule has 0 aromatic rings. The number of nitrogens with zero attached hydrogens (tertiary/aromatic N) is 1. The first-order valence-corrected chi connectivity index (χ1v) is 3.47. The third kappa shape index (κ3) is 4.21. The topological polar surface area (TPSA) is 29.4 Å². The normalized spacial score (nSPS) is 13.0. The number of aliphatic imine (C=N–C) groups is 1. The van der Waals surface area contributed by atoms with Crippen LogP contribution in [0.5, 0.6) is 0 Å². The molecule has 54 valence electrons. The summed E-state index contributed by atoms with van der Waals surface area (Å²) in [7, 11) is 0. The SMILES string of the molecule is C=C/C(Br)=C\N=C(C)C=O. The highest BCUT2D eigenvalue weighted by molar-refractivity contribution is 9.11. The van der Waals surface area contributed by atoms with Crippen molar-refractivity contribution in [1.82, 2.24) is 0 Å². The molecule has 0 unspecified atom stereocenters. The zero-order valence-electron chi connectivity index (χ0n) is 5.67. The molecule has 3 heteroatoms. The third-order valence-electron chi connectivity index (χ3n) is 0.757. The van der Waals surface area contributed by atoms with Crippen molar-refractivity contribution >= 4 is 27.9 Å². The maximum Gasteiger partial charge on any atom is 0.163 e. The van der Waals surface area contributed by atoms with Crippen molar-refractivity contribution in [2.24, 2.45) is 4.99 Å². The molecule has 0 saturated carbocycles. The molecule has 0 amide bonds. The number of halogens is 1. The molecule has 0 aliphatic rings. The van der Waals surface area contributed by atoms with Crippen molar-refractivity contribution < 1.29 is 4.79 Å². The summed E-state index contributed by atoms with van der Waals surface area (Å²) in [5.41, 5.74) is 0.443. The van der Waals surface area contributed by atoms with Crippen molar-refractivity contribution in [2.45, 2.75) is 6.92 Å². The highest BCUT2D eigenvalue weighted by Crippen LogP contribution is 2.04. The molecule has 0 fully saturated rings. The molecule has 0 aromatic heterocycles. The molecule has 0 N–H and O–H groups in total. The highest BCUT2D eigenvalue weighted by atomic mass is 79.9. The molecule has 0 spiro atoms. The molecule has 0 rings (SSSR count). The molecule has 0 saturated heterocycles. The Hall–Kier alpha value is -0.700. The van der Waals surface area contributed by atoms with E-state index in [2.05, 4.69) is 27.5 Å². The number of carbonyl (C=O) groups is 1. The van der Waals surface area contributed by atoms with Crippen LogP contribution in [0.2, 0.25) is 0 Å². The van der Waals surface area contributed by atoms with E-state index in [4.69, 9.17) is 0 Å². The number of carbonyl (C=O) groups excluding carboxylic acids is 1. The minimum absolute atomic E-state index is 0.443. The number of allylic oxidation sites excluding steroid dienone is 2. The van der Waals surface area contributed by atoms with Crippen LogP contribution in [-0.4, -0.2) is 12.0 Å². The van der Waals surface area contributed by atoms with Crippen LogP contribution in [0.1, 0.15) is 6.92 Å². The fourth-order valence-electron chi connectivity index (χ4n) is 0.247. The monoisotopic (exact) mass is 201 g/mol. The van der Waals surface area contributed by atoms with E-state index >= 15 is 0 Å². The minimum Gasteiger partial charge on any atom is -0.297 e. The molecule has 0 heterocycles. The lowest BCUT2D eigenvalue weighted by Gasteiger charge is -1.83. The van der Waals surface area contributed by atoms with E-state index in [-0.39, 0.29) is 0 Å². The zero-order valence-corrected chi connectivity index (χ0v) is 7.26.